The van der Waals surface area contributed by atoms with Gasteiger partial charge in [-0.3, -0.25) is 5.10 Å². The zero-order valence-electron chi connectivity index (χ0n) is 7.93. The van der Waals surface area contributed by atoms with Crippen molar-refractivity contribution in [3.8, 4) is 0 Å². The van der Waals surface area contributed by atoms with Gasteiger partial charge in [-0.15, -0.1) is 0 Å². The van der Waals surface area contributed by atoms with Crippen molar-refractivity contribution in [2.45, 2.75) is 46.0 Å². The molecule has 1 rings (SSSR count). The van der Waals surface area contributed by atoms with Crippen LogP contribution in [0.5, 0.6) is 0 Å². The fraction of sp³-hybridized carbons (Fsp3) is 0.778. The maximum Gasteiger partial charge on any atom is 0.150 e. The van der Waals surface area contributed by atoms with Crippen LogP contribution < -0.4 is 0 Å². The number of H-pyrrole nitrogens is 1. The van der Waals surface area contributed by atoms with E-state index in [1.807, 2.05) is 6.92 Å². The van der Waals surface area contributed by atoms with E-state index in [0.717, 1.165) is 18.1 Å². The van der Waals surface area contributed by atoms with Gasteiger partial charge >= 0.3 is 0 Å². The average Bonchev–Trinajstić information content (AvgIpc) is 2.45. The van der Waals surface area contributed by atoms with Crippen molar-refractivity contribution in [2.24, 2.45) is 0 Å². The van der Waals surface area contributed by atoms with E-state index in [2.05, 4.69) is 22.1 Å². The maximum atomic E-state index is 4.24. The summed E-state index contributed by atoms with van der Waals surface area (Å²) in [5.41, 5.74) is 0. The van der Waals surface area contributed by atoms with Gasteiger partial charge in [0.25, 0.3) is 0 Å². The summed E-state index contributed by atoms with van der Waals surface area (Å²) in [6.07, 6.45) is 6.13. The monoisotopic (exact) mass is 167 g/mol. The van der Waals surface area contributed by atoms with Gasteiger partial charge in [-0.25, -0.2) is 4.98 Å². The standard InChI is InChI=1S/C9H17N3/c1-3-4-5-6-7-9-10-8(2)11-12-9/h3-7H2,1-2H3,(H,10,11,12). The van der Waals surface area contributed by atoms with Crippen LogP contribution in [0.1, 0.15) is 44.3 Å². The van der Waals surface area contributed by atoms with E-state index < -0.39 is 0 Å². The number of aryl methyl sites for hydroxylation is 2. The molecular formula is C9H17N3. The van der Waals surface area contributed by atoms with Crippen LogP contribution in [-0.4, -0.2) is 15.2 Å². The van der Waals surface area contributed by atoms with Crippen molar-refractivity contribution >= 4 is 0 Å². The smallest absolute Gasteiger partial charge is 0.150 e. The van der Waals surface area contributed by atoms with Crippen LogP contribution in [0.25, 0.3) is 0 Å². The van der Waals surface area contributed by atoms with Crippen LogP contribution in [0.15, 0.2) is 0 Å². The van der Waals surface area contributed by atoms with Crippen LogP contribution in [0, 0.1) is 6.92 Å². The number of nitrogens with one attached hydrogen (secondary N) is 1. The highest BCUT2D eigenvalue weighted by Gasteiger charge is 1.97. The van der Waals surface area contributed by atoms with Gasteiger partial charge in [0, 0.05) is 6.42 Å². The third-order valence-corrected chi connectivity index (χ3v) is 1.90. The van der Waals surface area contributed by atoms with Crippen molar-refractivity contribution in [2.75, 3.05) is 0 Å². The molecule has 0 fully saturated rings. The molecule has 0 aromatic carbocycles. The molecule has 0 amide bonds. The molecule has 1 heterocycles. The van der Waals surface area contributed by atoms with Crippen LogP contribution in [-0.2, 0) is 6.42 Å². The Balaban J connectivity index is 2.15. The quantitative estimate of drug-likeness (QED) is 0.683. The van der Waals surface area contributed by atoms with E-state index in [1.165, 1.54) is 25.7 Å². The lowest BCUT2D eigenvalue weighted by molar-refractivity contribution is 0.653. The van der Waals surface area contributed by atoms with Crippen LogP contribution in [0.4, 0.5) is 0 Å². The molecule has 1 aromatic heterocycles. The number of rotatable bonds is 5. The first-order valence-corrected chi connectivity index (χ1v) is 4.71. The molecule has 0 aliphatic rings. The van der Waals surface area contributed by atoms with E-state index in [-0.39, 0.29) is 0 Å². The second-order valence-corrected chi connectivity index (χ2v) is 3.15. The topological polar surface area (TPSA) is 41.6 Å². The van der Waals surface area contributed by atoms with E-state index in [1.54, 1.807) is 0 Å². The van der Waals surface area contributed by atoms with Crippen molar-refractivity contribution in [1.82, 2.24) is 15.2 Å². The Morgan fingerprint density at radius 3 is 2.67 bits per heavy atom. The van der Waals surface area contributed by atoms with E-state index in [0.29, 0.717) is 0 Å². The van der Waals surface area contributed by atoms with Crippen molar-refractivity contribution in [3.63, 3.8) is 0 Å². The molecule has 0 saturated carbocycles. The molecule has 0 atom stereocenters. The molecule has 0 spiro atoms. The van der Waals surface area contributed by atoms with Gasteiger partial charge < -0.3 is 0 Å². The largest absolute Gasteiger partial charge is 0.263 e. The molecule has 68 valence electrons. The molecule has 12 heavy (non-hydrogen) atoms. The number of unbranched alkanes of at least 4 members (excludes halogenated alkanes) is 3. The minimum atomic E-state index is 0.917. The van der Waals surface area contributed by atoms with Crippen LogP contribution >= 0.6 is 0 Å². The summed E-state index contributed by atoms with van der Waals surface area (Å²) in [5.74, 6) is 1.88. The van der Waals surface area contributed by atoms with Crippen LogP contribution in [0.2, 0.25) is 0 Å². The highest BCUT2D eigenvalue weighted by Crippen LogP contribution is 2.03. The summed E-state index contributed by atoms with van der Waals surface area (Å²) in [7, 11) is 0. The summed E-state index contributed by atoms with van der Waals surface area (Å²) < 4.78 is 0. The molecule has 1 N–H and O–H groups in total. The Bertz CT molecular complexity index is 217. The molecular weight excluding hydrogens is 150 g/mol. The van der Waals surface area contributed by atoms with Gasteiger partial charge in [0.1, 0.15) is 5.82 Å². The maximum absolute atomic E-state index is 4.24. The Labute approximate surface area is 73.6 Å². The highest BCUT2D eigenvalue weighted by molar-refractivity contribution is 4.87. The van der Waals surface area contributed by atoms with Gasteiger partial charge in [0.15, 0.2) is 5.82 Å². The number of aromatic nitrogens is 3. The Morgan fingerprint density at radius 2 is 2.08 bits per heavy atom. The van der Waals surface area contributed by atoms with Gasteiger partial charge in [0.05, 0.1) is 0 Å². The van der Waals surface area contributed by atoms with Gasteiger partial charge in [-0.2, -0.15) is 5.10 Å². The first-order chi connectivity index (χ1) is 5.83. The van der Waals surface area contributed by atoms with Gasteiger partial charge in [0.2, 0.25) is 0 Å². The molecule has 3 heteroatoms. The number of nitrogens with zero attached hydrogens (tertiary/aromatic N) is 2. The molecule has 0 saturated heterocycles. The summed E-state index contributed by atoms with van der Waals surface area (Å²) in [5, 5.41) is 6.93. The minimum Gasteiger partial charge on any atom is -0.263 e. The number of hydrogen-bond donors (Lipinski definition) is 1. The van der Waals surface area contributed by atoms with Crippen LogP contribution in [0.3, 0.4) is 0 Å². The van der Waals surface area contributed by atoms with E-state index >= 15 is 0 Å². The van der Waals surface area contributed by atoms with Gasteiger partial charge in [-0.1, -0.05) is 26.2 Å². The Hall–Kier alpha value is -0.860. The molecule has 0 bridgehead atoms. The third kappa shape index (κ3) is 3.03. The van der Waals surface area contributed by atoms with Gasteiger partial charge in [-0.05, 0) is 13.3 Å². The lowest BCUT2D eigenvalue weighted by Gasteiger charge is -1.94. The zero-order valence-corrected chi connectivity index (χ0v) is 7.93. The summed E-state index contributed by atoms with van der Waals surface area (Å²) in [6.45, 7) is 4.15. The molecule has 0 unspecified atom stereocenters. The third-order valence-electron chi connectivity index (χ3n) is 1.90. The molecule has 3 nitrogen and oxygen atoms in total. The zero-order chi connectivity index (χ0) is 8.81. The van der Waals surface area contributed by atoms with Crippen molar-refractivity contribution < 1.29 is 0 Å². The Morgan fingerprint density at radius 1 is 1.25 bits per heavy atom. The fourth-order valence-electron chi connectivity index (χ4n) is 1.21. The molecule has 0 radical (unpaired) electrons. The van der Waals surface area contributed by atoms with Crippen molar-refractivity contribution in [3.05, 3.63) is 11.6 Å². The second-order valence-electron chi connectivity index (χ2n) is 3.15. The highest BCUT2D eigenvalue weighted by atomic mass is 15.2. The average molecular weight is 167 g/mol. The molecule has 1 aromatic rings. The lowest BCUT2D eigenvalue weighted by Crippen LogP contribution is -1.88. The molecule has 0 aliphatic carbocycles. The summed E-state index contributed by atoms with van der Waals surface area (Å²) in [6, 6.07) is 0. The second kappa shape index (κ2) is 4.91. The first-order valence-electron chi connectivity index (χ1n) is 4.71. The first kappa shape index (κ1) is 9.23. The lowest BCUT2D eigenvalue weighted by atomic mass is 10.1. The summed E-state index contributed by atoms with van der Waals surface area (Å²) in [4.78, 5) is 4.24. The van der Waals surface area contributed by atoms with E-state index in [4.69, 9.17) is 0 Å². The van der Waals surface area contributed by atoms with Crippen molar-refractivity contribution in [1.29, 1.82) is 0 Å². The van der Waals surface area contributed by atoms with E-state index in [9.17, 15) is 0 Å². The minimum absolute atomic E-state index is 0.917. The SMILES string of the molecule is CCCCCCc1n[nH]c(C)n1. The predicted octanol–water partition coefficient (Wildman–Crippen LogP) is 2.24. The number of hydrogen-bond acceptors (Lipinski definition) is 2. The number of aromatic amines is 1. The fourth-order valence-corrected chi connectivity index (χ4v) is 1.21. The molecule has 0 aliphatic heterocycles. The Kier molecular flexibility index (Phi) is 3.77. The summed E-state index contributed by atoms with van der Waals surface area (Å²) >= 11 is 0. The predicted molar refractivity (Wildman–Crippen MR) is 49.0 cm³/mol. The normalized spacial score (nSPS) is 10.5.